The van der Waals surface area contributed by atoms with Gasteiger partial charge in [-0.25, -0.2) is 0 Å². The summed E-state index contributed by atoms with van der Waals surface area (Å²) in [5, 5.41) is 16.1. The largest absolute Gasteiger partial charge is 0.306 e. The highest BCUT2D eigenvalue weighted by Crippen LogP contribution is 2.28. The minimum Gasteiger partial charge on any atom is -0.306 e. The van der Waals surface area contributed by atoms with Gasteiger partial charge in [-0.2, -0.15) is 0 Å². The highest BCUT2D eigenvalue weighted by molar-refractivity contribution is 7.15. The summed E-state index contributed by atoms with van der Waals surface area (Å²) in [5.41, 5.74) is 0. The second-order valence-corrected chi connectivity index (χ2v) is 6.91. The molecule has 1 atom stereocenters. The van der Waals surface area contributed by atoms with Gasteiger partial charge in [0.2, 0.25) is 11.0 Å². The minimum atomic E-state index is -0.0549. The Bertz CT molecular complexity index is 450. The van der Waals surface area contributed by atoms with Gasteiger partial charge in [0.25, 0.3) is 0 Å². The van der Waals surface area contributed by atoms with Gasteiger partial charge in [-0.1, -0.05) is 43.4 Å². The van der Waals surface area contributed by atoms with Crippen LogP contribution < -0.4 is 10.6 Å². The number of hydrogen-bond donors (Lipinski definition) is 2. The van der Waals surface area contributed by atoms with Crippen LogP contribution in [0.25, 0.3) is 0 Å². The number of aromatic nitrogens is 2. The number of rotatable bonds is 4. The molecule has 0 aromatic carbocycles. The van der Waals surface area contributed by atoms with Gasteiger partial charge >= 0.3 is 0 Å². The molecule has 1 saturated heterocycles. The van der Waals surface area contributed by atoms with Crippen molar-refractivity contribution in [1.29, 1.82) is 0 Å². The Balaban J connectivity index is 1.52. The Morgan fingerprint density at radius 1 is 1.20 bits per heavy atom. The fourth-order valence-corrected chi connectivity index (χ4v) is 3.98. The summed E-state index contributed by atoms with van der Waals surface area (Å²) in [4.78, 5) is 12.0. The number of anilines is 1. The van der Waals surface area contributed by atoms with Gasteiger partial charge in [0, 0.05) is 6.42 Å². The maximum absolute atomic E-state index is 12.0. The molecule has 6 heteroatoms. The van der Waals surface area contributed by atoms with E-state index in [9.17, 15) is 4.79 Å². The molecule has 1 amide bonds. The maximum Gasteiger partial charge on any atom is 0.243 e. The average Bonchev–Trinajstić information content (AvgIpc) is 3.11. The van der Waals surface area contributed by atoms with Crippen molar-refractivity contribution in [3.05, 3.63) is 5.01 Å². The lowest BCUT2D eigenvalue weighted by atomic mass is 9.87. The van der Waals surface area contributed by atoms with E-state index in [0.29, 0.717) is 5.13 Å². The Kier molecular flexibility index (Phi) is 4.62. The second-order valence-electron chi connectivity index (χ2n) is 5.85. The third-order valence-corrected chi connectivity index (χ3v) is 5.12. The Labute approximate surface area is 123 Å². The molecule has 0 bridgehead atoms. The van der Waals surface area contributed by atoms with Gasteiger partial charge in [0.05, 0.1) is 6.04 Å². The molecule has 1 aromatic heterocycles. The summed E-state index contributed by atoms with van der Waals surface area (Å²) >= 11 is 1.53. The van der Waals surface area contributed by atoms with Gasteiger partial charge in [-0.05, 0) is 25.3 Å². The topological polar surface area (TPSA) is 66.9 Å². The first kappa shape index (κ1) is 13.9. The number of amides is 1. The van der Waals surface area contributed by atoms with E-state index in [4.69, 9.17) is 0 Å². The van der Waals surface area contributed by atoms with E-state index in [1.807, 2.05) is 0 Å². The van der Waals surface area contributed by atoms with Gasteiger partial charge in [-0.3, -0.25) is 10.1 Å². The van der Waals surface area contributed by atoms with Crippen molar-refractivity contribution in [2.45, 2.75) is 57.4 Å². The van der Waals surface area contributed by atoms with Crippen LogP contribution in [0.2, 0.25) is 0 Å². The molecule has 2 N–H and O–H groups in total. The van der Waals surface area contributed by atoms with Gasteiger partial charge < -0.3 is 5.32 Å². The lowest BCUT2D eigenvalue weighted by Crippen LogP contribution is -2.35. The van der Waals surface area contributed by atoms with Crippen LogP contribution in [0.15, 0.2) is 0 Å². The molecule has 1 aliphatic carbocycles. The van der Waals surface area contributed by atoms with E-state index in [-0.39, 0.29) is 11.9 Å². The van der Waals surface area contributed by atoms with E-state index < -0.39 is 0 Å². The molecule has 2 aliphatic rings. The van der Waals surface area contributed by atoms with E-state index in [1.165, 1.54) is 43.4 Å². The number of nitrogens with one attached hydrogen (secondary N) is 2. The number of carbonyl (C=O) groups is 1. The van der Waals surface area contributed by atoms with Crippen LogP contribution in [0.1, 0.15) is 50.0 Å². The third kappa shape index (κ3) is 3.55. The van der Waals surface area contributed by atoms with Gasteiger partial charge in [0.15, 0.2) is 0 Å². The molecule has 2 heterocycles. The fourth-order valence-electron chi connectivity index (χ4n) is 3.13. The molecule has 1 unspecified atom stereocenters. The normalized spacial score (nSPS) is 23.9. The first-order valence-corrected chi connectivity index (χ1v) is 8.49. The summed E-state index contributed by atoms with van der Waals surface area (Å²) < 4.78 is 0. The molecule has 1 aromatic rings. The summed E-state index contributed by atoms with van der Waals surface area (Å²) in [7, 11) is 0. The SMILES string of the molecule is O=C(Nc1nnc(CC2CCCCC2)s1)C1CCCN1. The number of hydrogen-bond acceptors (Lipinski definition) is 5. The average molecular weight is 294 g/mol. The lowest BCUT2D eigenvalue weighted by molar-refractivity contribution is -0.117. The van der Waals surface area contributed by atoms with Gasteiger partial charge in [-0.15, -0.1) is 10.2 Å². The third-order valence-electron chi connectivity index (χ3n) is 4.26. The summed E-state index contributed by atoms with van der Waals surface area (Å²) in [6.07, 6.45) is 9.71. The predicted molar refractivity (Wildman–Crippen MR) is 79.8 cm³/mol. The van der Waals surface area contributed by atoms with Crippen molar-refractivity contribution < 1.29 is 4.79 Å². The Morgan fingerprint density at radius 2 is 2.05 bits per heavy atom. The lowest BCUT2D eigenvalue weighted by Gasteiger charge is -2.19. The Hall–Kier alpha value is -1.01. The van der Waals surface area contributed by atoms with E-state index in [1.54, 1.807) is 0 Å². The highest BCUT2D eigenvalue weighted by Gasteiger charge is 2.23. The fraction of sp³-hybridized carbons (Fsp3) is 0.786. The highest BCUT2D eigenvalue weighted by atomic mass is 32.1. The van der Waals surface area contributed by atoms with E-state index in [2.05, 4.69) is 20.8 Å². The number of carbonyl (C=O) groups excluding carboxylic acids is 1. The zero-order chi connectivity index (χ0) is 13.8. The van der Waals surface area contributed by atoms with Crippen LogP contribution >= 0.6 is 11.3 Å². The molecule has 0 spiro atoms. The zero-order valence-electron chi connectivity index (χ0n) is 11.7. The van der Waals surface area contributed by atoms with E-state index in [0.717, 1.165) is 36.7 Å². The van der Waals surface area contributed by atoms with Crippen molar-refractivity contribution in [1.82, 2.24) is 15.5 Å². The van der Waals surface area contributed by atoms with Crippen molar-refractivity contribution in [2.24, 2.45) is 5.92 Å². The predicted octanol–water partition coefficient (Wildman–Crippen LogP) is 2.35. The molecule has 110 valence electrons. The molecule has 2 fully saturated rings. The smallest absolute Gasteiger partial charge is 0.243 e. The van der Waals surface area contributed by atoms with E-state index >= 15 is 0 Å². The molecule has 0 radical (unpaired) electrons. The van der Waals surface area contributed by atoms with Crippen LogP contribution in [0.3, 0.4) is 0 Å². The van der Waals surface area contributed by atoms with Crippen LogP contribution in [0, 0.1) is 5.92 Å². The maximum atomic E-state index is 12.0. The zero-order valence-corrected chi connectivity index (χ0v) is 12.5. The Morgan fingerprint density at radius 3 is 2.80 bits per heavy atom. The molecule has 1 aliphatic heterocycles. The molecular formula is C14H22N4OS. The van der Waals surface area contributed by atoms with Crippen LogP contribution in [-0.2, 0) is 11.2 Å². The monoisotopic (exact) mass is 294 g/mol. The van der Waals surface area contributed by atoms with Crippen LogP contribution in [0.5, 0.6) is 0 Å². The van der Waals surface area contributed by atoms with Gasteiger partial charge in [0.1, 0.15) is 5.01 Å². The van der Waals surface area contributed by atoms with Crippen molar-refractivity contribution >= 4 is 22.4 Å². The summed E-state index contributed by atoms with van der Waals surface area (Å²) in [6.45, 7) is 0.932. The standard InChI is InChI=1S/C14H22N4OS/c19-13(11-7-4-8-15-11)16-14-18-17-12(20-14)9-10-5-2-1-3-6-10/h10-11,15H,1-9H2,(H,16,18,19). The number of nitrogens with zero attached hydrogens (tertiary/aromatic N) is 2. The van der Waals surface area contributed by atoms with Crippen LogP contribution in [-0.4, -0.2) is 28.7 Å². The molecule has 5 nitrogen and oxygen atoms in total. The minimum absolute atomic E-state index is 0.0304. The second kappa shape index (κ2) is 6.63. The molecule has 1 saturated carbocycles. The van der Waals surface area contributed by atoms with Crippen molar-refractivity contribution in [3.8, 4) is 0 Å². The first-order valence-electron chi connectivity index (χ1n) is 7.68. The summed E-state index contributed by atoms with van der Waals surface area (Å²) in [5.74, 6) is 0.791. The van der Waals surface area contributed by atoms with Crippen molar-refractivity contribution in [3.63, 3.8) is 0 Å². The van der Waals surface area contributed by atoms with Crippen LogP contribution in [0.4, 0.5) is 5.13 Å². The summed E-state index contributed by atoms with van der Waals surface area (Å²) in [6, 6.07) is -0.0549. The molecular weight excluding hydrogens is 272 g/mol. The molecule has 20 heavy (non-hydrogen) atoms. The first-order chi connectivity index (χ1) is 9.81. The quantitative estimate of drug-likeness (QED) is 0.894. The molecule has 3 rings (SSSR count). The van der Waals surface area contributed by atoms with Crippen molar-refractivity contribution in [2.75, 3.05) is 11.9 Å².